The lowest BCUT2D eigenvalue weighted by Gasteiger charge is -2.16. The van der Waals surface area contributed by atoms with Crippen molar-refractivity contribution in [2.24, 2.45) is 5.92 Å². The maximum absolute atomic E-state index is 13.0. The van der Waals surface area contributed by atoms with Crippen LogP contribution in [0.25, 0.3) is 0 Å². The second-order valence-corrected chi connectivity index (χ2v) is 5.83. The lowest BCUT2D eigenvalue weighted by Crippen LogP contribution is -2.28. The molecule has 0 bridgehead atoms. The molecule has 1 N–H and O–H groups in total. The topological polar surface area (TPSA) is 58.6 Å². The van der Waals surface area contributed by atoms with Gasteiger partial charge in [-0.15, -0.1) is 0 Å². The van der Waals surface area contributed by atoms with Crippen LogP contribution in [-0.2, 0) is 9.59 Å². The Bertz CT molecular complexity index is 776. The van der Waals surface area contributed by atoms with E-state index < -0.39 is 5.92 Å². The summed E-state index contributed by atoms with van der Waals surface area (Å²) in [5.41, 5.74) is 1.23. The normalized spacial score (nSPS) is 16.8. The zero-order valence-electron chi connectivity index (χ0n) is 13.9. The van der Waals surface area contributed by atoms with Crippen molar-refractivity contribution in [3.8, 4) is 5.75 Å². The Labute approximate surface area is 145 Å². The van der Waals surface area contributed by atoms with Gasteiger partial charge in [0.2, 0.25) is 11.8 Å². The summed E-state index contributed by atoms with van der Waals surface area (Å²) in [6.45, 7) is 2.71. The van der Waals surface area contributed by atoms with E-state index in [1.807, 2.05) is 13.0 Å². The smallest absolute Gasteiger partial charge is 0.229 e. The molecule has 0 spiro atoms. The molecule has 3 rings (SSSR count). The number of nitrogens with zero attached hydrogens (tertiary/aromatic N) is 1. The summed E-state index contributed by atoms with van der Waals surface area (Å²) in [5, 5.41) is 2.83. The molecule has 1 atom stereocenters. The van der Waals surface area contributed by atoms with E-state index in [0.29, 0.717) is 23.7 Å². The monoisotopic (exact) mass is 342 g/mol. The van der Waals surface area contributed by atoms with Crippen molar-refractivity contribution in [3.05, 3.63) is 54.3 Å². The molecule has 1 heterocycles. The number of benzene rings is 2. The number of carbonyl (C=O) groups excluding carboxylic acids is 2. The van der Waals surface area contributed by atoms with E-state index in [0.717, 1.165) is 0 Å². The Morgan fingerprint density at radius 2 is 2.04 bits per heavy atom. The molecular weight excluding hydrogens is 323 g/mol. The van der Waals surface area contributed by atoms with Gasteiger partial charge in [0.15, 0.2) is 0 Å². The van der Waals surface area contributed by atoms with E-state index in [4.69, 9.17) is 4.74 Å². The van der Waals surface area contributed by atoms with Gasteiger partial charge < -0.3 is 15.0 Å². The fourth-order valence-electron chi connectivity index (χ4n) is 2.83. The summed E-state index contributed by atoms with van der Waals surface area (Å²) in [6, 6.07) is 12.8. The molecule has 1 fully saturated rings. The van der Waals surface area contributed by atoms with Crippen LogP contribution in [-0.4, -0.2) is 25.0 Å². The molecular formula is C19H19FN2O3. The average molecular weight is 342 g/mol. The highest BCUT2D eigenvalue weighted by molar-refractivity contribution is 6.03. The second-order valence-electron chi connectivity index (χ2n) is 5.83. The van der Waals surface area contributed by atoms with Gasteiger partial charge in [0, 0.05) is 30.4 Å². The molecule has 1 aliphatic heterocycles. The fourth-order valence-corrected chi connectivity index (χ4v) is 2.83. The van der Waals surface area contributed by atoms with Crippen molar-refractivity contribution >= 4 is 23.2 Å². The molecule has 0 aromatic heterocycles. The minimum atomic E-state index is -0.451. The Kier molecular flexibility index (Phi) is 4.97. The van der Waals surface area contributed by atoms with Crippen molar-refractivity contribution in [2.75, 3.05) is 23.4 Å². The van der Waals surface area contributed by atoms with E-state index in [-0.39, 0.29) is 30.6 Å². The van der Waals surface area contributed by atoms with Gasteiger partial charge in [0.05, 0.1) is 12.5 Å². The van der Waals surface area contributed by atoms with Crippen LogP contribution in [0.2, 0.25) is 0 Å². The number of hydrogen-bond acceptors (Lipinski definition) is 3. The lowest BCUT2D eigenvalue weighted by molar-refractivity contribution is -0.122. The number of amides is 2. The quantitative estimate of drug-likeness (QED) is 0.908. The van der Waals surface area contributed by atoms with Gasteiger partial charge in [-0.2, -0.15) is 0 Å². The number of anilines is 2. The molecule has 25 heavy (non-hydrogen) atoms. The predicted octanol–water partition coefficient (Wildman–Crippen LogP) is 3.22. The molecule has 0 aliphatic carbocycles. The largest absolute Gasteiger partial charge is 0.494 e. The molecule has 2 aromatic carbocycles. The van der Waals surface area contributed by atoms with Gasteiger partial charge in [-0.1, -0.05) is 6.07 Å². The Morgan fingerprint density at radius 1 is 1.28 bits per heavy atom. The molecule has 1 saturated heterocycles. The molecule has 6 heteroatoms. The summed E-state index contributed by atoms with van der Waals surface area (Å²) in [5.74, 6) is -0.496. The first kappa shape index (κ1) is 17.0. The van der Waals surface area contributed by atoms with E-state index >= 15 is 0 Å². The number of carbonyl (C=O) groups is 2. The highest BCUT2D eigenvalue weighted by Gasteiger charge is 2.35. The van der Waals surface area contributed by atoms with Gasteiger partial charge >= 0.3 is 0 Å². The third kappa shape index (κ3) is 3.96. The minimum absolute atomic E-state index is 0.133. The number of ether oxygens (including phenoxy) is 1. The van der Waals surface area contributed by atoms with Crippen molar-refractivity contribution in [1.82, 2.24) is 0 Å². The minimum Gasteiger partial charge on any atom is -0.494 e. The maximum atomic E-state index is 13.0. The Hall–Kier alpha value is -2.89. The van der Waals surface area contributed by atoms with Crippen LogP contribution in [0.15, 0.2) is 48.5 Å². The van der Waals surface area contributed by atoms with E-state index in [2.05, 4.69) is 5.32 Å². The van der Waals surface area contributed by atoms with Gasteiger partial charge in [0.1, 0.15) is 11.6 Å². The zero-order chi connectivity index (χ0) is 17.8. The van der Waals surface area contributed by atoms with Crippen LogP contribution in [0, 0.1) is 11.7 Å². The summed E-state index contributed by atoms with van der Waals surface area (Å²) in [7, 11) is 0. The van der Waals surface area contributed by atoms with Crippen LogP contribution in [0.1, 0.15) is 13.3 Å². The van der Waals surface area contributed by atoms with E-state index in [1.54, 1.807) is 30.3 Å². The van der Waals surface area contributed by atoms with Gasteiger partial charge in [-0.3, -0.25) is 9.59 Å². The van der Waals surface area contributed by atoms with Crippen LogP contribution in [0.4, 0.5) is 15.8 Å². The zero-order valence-corrected chi connectivity index (χ0v) is 13.9. The van der Waals surface area contributed by atoms with Crippen LogP contribution >= 0.6 is 0 Å². The molecule has 1 aliphatic rings. The third-order valence-electron chi connectivity index (χ3n) is 4.05. The molecule has 130 valence electrons. The summed E-state index contributed by atoms with van der Waals surface area (Å²) in [6.07, 6.45) is 0.133. The van der Waals surface area contributed by atoms with Crippen molar-refractivity contribution in [1.29, 1.82) is 0 Å². The first-order valence-electron chi connectivity index (χ1n) is 8.16. The number of rotatable bonds is 5. The van der Waals surface area contributed by atoms with Crippen molar-refractivity contribution < 1.29 is 18.7 Å². The predicted molar refractivity (Wildman–Crippen MR) is 93.1 cm³/mol. The number of hydrogen-bond donors (Lipinski definition) is 1. The van der Waals surface area contributed by atoms with Crippen LogP contribution < -0.4 is 15.0 Å². The molecule has 0 radical (unpaired) electrons. The first-order chi connectivity index (χ1) is 12.1. The standard InChI is InChI=1S/C19H19FN2O3/c1-2-25-17-5-3-4-15(11-17)21-19(24)13-10-18(23)22(12-13)16-8-6-14(20)7-9-16/h3-9,11,13H,2,10,12H2,1H3,(H,21,24)/t13-/m1/s1. The van der Waals surface area contributed by atoms with E-state index in [1.165, 1.54) is 17.0 Å². The SMILES string of the molecule is CCOc1cccc(NC(=O)[C@@H]2CC(=O)N(c3ccc(F)cc3)C2)c1. The third-order valence-corrected chi connectivity index (χ3v) is 4.05. The highest BCUT2D eigenvalue weighted by Crippen LogP contribution is 2.26. The Morgan fingerprint density at radius 3 is 2.76 bits per heavy atom. The molecule has 0 saturated carbocycles. The van der Waals surface area contributed by atoms with Crippen molar-refractivity contribution in [3.63, 3.8) is 0 Å². The number of nitrogens with one attached hydrogen (secondary N) is 1. The van der Waals surface area contributed by atoms with Crippen LogP contribution in [0.5, 0.6) is 5.75 Å². The summed E-state index contributed by atoms with van der Waals surface area (Å²) < 4.78 is 18.4. The Balaban J connectivity index is 1.66. The van der Waals surface area contributed by atoms with Crippen LogP contribution in [0.3, 0.4) is 0 Å². The van der Waals surface area contributed by atoms with E-state index in [9.17, 15) is 14.0 Å². The highest BCUT2D eigenvalue weighted by atomic mass is 19.1. The number of halogens is 1. The molecule has 2 aromatic rings. The van der Waals surface area contributed by atoms with Gasteiger partial charge in [-0.25, -0.2) is 4.39 Å². The molecule has 2 amide bonds. The molecule has 5 nitrogen and oxygen atoms in total. The van der Waals surface area contributed by atoms with Gasteiger partial charge in [-0.05, 0) is 43.3 Å². The maximum Gasteiger partial charge on any atom is 0.229 e. The fraction of sp³-hybridized carbons (Fsp3) is 0.263. The lowest BCUT2D eigenvalue weighted by atomic mass is 10.1. The second kappa shape index (κ2) is 7.34. The summed E-state index contributed by atoms with van der Waals surface area (Å²) >= 11 is 0. The first-order valence-corrected chi connectivity index (χ1v) is 8.16. The van der Waals surface area contributed by atoms with Crippen molar-refractivity contribution in [2.45, 2.75) is 13.3 Å². The molecule has 0 unspecified atom stereocenters. The van der Waals surface area contributed by atoms with Gasteiger partial charge in [0.25, 0.3) is 0 Å². The average Bonchev–Trinajstić information content (AvgIpc) is 2.98. The summed E-state index contributed by atoms with van der Waals surface area (Å²) in [4.78, 5) is 26.2.